The van der Waals surface area contributed by atoms with Crippen molar-refractivity contribution >= 4 is 10.0 Å². The van der Waals surface area contributed by atoms with Crippen LogP contribution in [0.4, 0.5) is 0 Å². The molecule has 0 bridgehead atoms. The van der Waals surface area contributed by atoms with E-state index in [9.17, 15) is 8.42 Å². The molecule has 1 heterocycles. The average molecular weight is 299 g/mol. The van der Waals surface area contributed by atoms with Crippen LogP contribution >= 0.6 is 0 Å². The van der Waals surface area contributed by atoms with Crippen molar-refractivity contribution in [3.8, 4) is 0 Å². The summed E-state index contributed by atoms with van der Waals surface area (Å²) in [7, 11) is -1.36. The molecule has 6 heteroatoms. The molecule has 0 unspecified atom stereocenters. The third-order valence-electron chi connectivity index (χ3n) is 4.04. The van der Waals surface area contributed by atoms with E-state index >= 15 is 0 Å². The van der Waals surface area contributed by atoms with Crippen molar-refractivity contribution in [2.75, 3.05) is 5.75 Å². The van der Waals surface area contributed by atoms with Crippen LogP contribution in [0.15, 0.2) is 12.4 Å². The van der Waals surface area contributed by atoms with Crippen molar-refractivity contribution in [2.45, 2.75) is 45.6 Å². The van der Waals surface area contributed by atoms with E-state index in [-0.39, 0.29) is 17.7 Å². The number of aryl methyl sites for hydroxylation is 1. The highest BCUT2D eigenvalue weighted by molar-refractivity contribution is 7.89. The van der Waals surface area contributed by atoms with Crippen molar-refractivity contribution in [1.29, 1.82) is 0 Å². The lowest BCUT2D eigenvalue weighted by atomic mass is 10.1. The van der Waals surface area contributed by atoms with E-state index in [1.807, 2.05) is 31.7 Å². The summed E-state index contributed by atoms with van der Waals surface area (Å²) in [6.45, 7) is 4.02. The Balaban J connectivity index is 2.09. The van der Waals surface area contributed by atoms with Gasteiger partial charge in [0.2, 0.25) is 10.0 Å². The third-order valence-corrected chi connectivity index (χ3v) is 5.56. The van der Waals surface area contributed by atoms with Gasteiger partial charge in [-0.3, -0.25) is 0 Å². The first-order valence-electron chi connectivity index (χ1n) is 7.36. The van der Waals surface area contributed by atoms with E-state index < -0.39 is 10.0 Å². The molecule has 20 heavy (non-hydrogen) atoms. The number of nitrogens with zero attached hydrogens (tertiary/aromatic N) is 2. The zero-order chi connectivity index (χ0) is 14.8. The van der Waals surface area contributed by atoms with Crippen molar-refractivity contribution in [3.63, 3.8) is 0 Å². The Kier molecular flexibility index (Phi) is 4.86. The maximum atomic E-state index is 12.4. The SMILES string of the molecule is CC(C)[C@@H](NS(=O)(=O)CC1CCCC1)c1nccn1C. The van der Waals surface area contributed by atoms with Crippen LogP contribution in [0.25, 0.3) is 0 Å². The van der Waals surface area contributed by atoms with Gasteiger partial charge >= 0.3 is 0 Å². The zero-order valence-electron chi connectivity index (χ0n) is 12.5. The van der Waals surface area contributed by atoms with Crippen LogP contribution < -0.4 is 4.72 Å². The zero-order valence-corrected chi connectivity index (χ0v) is 13.4. The molecule has 0 spiro atoms. The molecule has 0 amide bonds. The Morgan fingerprint density at radius 2 is 2.05 bits per heavy atom. The van der Waals surface area contributed by atoms with E-state index in [1.165, 1.54) is 0 Å². The maximum Gasteiger partial charge on any atom is 0.212 e. The minimum atomic E-state index is -3.26. The summed E-state index contributed by atoms with van der Waals surface area (Å²) in [6, 6.07) is -0.263. The van der Waals surface area contributed by atoms with Gasteiger partial charge in [-0.15, -0.1) is 0 Å². The van der Waals surface area contributed by atoms with Gasteiger partial charge < -0.3 is 4.57 Å². The molecule has 1 fully saturated rings. The molecule has 1 saturated carbocycles. The number of rotatable bonds is 6. The third kappa shape index (κ3) is 3.82. The molecule has 5 nitrogen and oxygen atoms in total. The highest BCUT2D eigenvalue weighted by Gasteiger charge is 2.28. The van der Waals surface area contributed by atoms with Crippen molar-refractivity contribution in [3.05, 3.63) is 18.2 Å². The summed E-state index contributed by atoms with van der Waals surface area (Å²) >= 11 is 0. The molecular formula is C14H25N3O2S. The summed E-state index contributed by atoms with van der Waals surface area (Å²) < 4.78 is 29.4. The Morgan fingerprint density at radius 3 is 2.55 bits per heavy atom. The van der Waals surface area contributed by atoms with Crippen LogP contribution in [0, 0.1) is 11.8 Å². The van der Waals surface area contributed by atoms with Crippen molar-refractivity contribution in [1.82, 2.24) is 14.3 Å². The van der Waals surface area contributed by atoms with Crippen LogP contribution in [0.2, 0.25) is 0 Å². The van der Waals surface area contributed by atoms with Gasteiger partial charge in [-0.1, -0.05) is 26.7 Å². The first-order valence-corrected chi connectivity index (χ1v) is 9.01. The number of hydrogen-bond donors (Lipinski definition) is 1. The van der Waals surface area contributed by atoms with E-state index in [0.717, 1.165) is 31.5 Å². The molecule has 1 aliphatic carbocycles. The standard InChI is InChI=1S/C14H25N3O2S/c1-11(2)13(14-15-8-9-17(14)3)16-20(18,19)10-12-6-4-5-7-12/h8-9,11-13,16H,4-7,10H2,1-3H3/t13-/m1/s1. The summed E-state index contributed by atoms with van der Waals surface area (Å²) in [4.78, 5) is 4.29. The Hall–Kier alpha value is -0.880. The number of aromatic nitrogens is 2. The molecule has 1 atom stereocenters. The minimum Gasteiger partial charge on any atom is -0.337 e. The first kappa shape index (κ1) is 15.5. The molecule has 114 valence electrons. The van der Waals surface area contributed by atoms with Crippen molar-refractivity contribution in [2.24, 2.45) is 18.9 Å². The van der Waals surface area contributed by atoms with Gasteiger partial charge in [-0.2, -0.15) is 0 Å². The second-order valence-corrected chi connectivity index (χ2v) is 7.97. The van der Waals surface area contributed by atoms with Gasteiger partial charge in [0.25, 0.3) is 0 Å². The van der Waals surface area contributed by atoms with E-state index in [2.05, 4.69) is 9.71 Å². The van der Waals surface area contributed by atoms with E-state index in [0.29, 0.717) is 5.92 Å². The molecule has 0 saturated heterocycles. The van der Waals surface area contributed by atoms with Crippen LogP contribution in [-0.2, 0) is 17.1 Å². The molecule has 1 aliphatic rings. The summed E-state index contributed by atoms with van der Waals surface area (Å²) in [5, 5.41) is 0. The van der Waals surface area contributed by atoms with E-state index in [4.69, 9.17) is 0 Å². The van der Waals surface area contributed by atoms with E-state index in [1.54, 1.807) is 6.20 Å². The molecule has 0 radical (unpaired) electrons. The fourth-order valence-electron chi connectivity index (χ4n) is 2.89. The lowest BCUT2D eigenvalue weighted by molar-refractivity contribution is 0.431. The van der Waals surface area contributed by atoms with Gasteiger partial charge in [-0.05, 0) is 24.7 Å². The number of imidazole rings is 1. The second kappa shape index (κ2) is 6.26. The topological polar surface area (TPSA) is 64.0 Å². The summed E-state index contributed by atoms with van der Waals surface area (Å²) in [6.07, 6.45) is 7.94. The Labute approximate surface area is 121 Å². The van der Waals surface area contributed by atoms with Crippen LogP contribution in [0.3, 0.4) is 0 Å². The Morgan fingerprint density at radius 1 is 1.40 bits per heavy atom. The Bertz CT molecular complexity index is 530. The minimum absolute atomic E-state index is 0.162. The van der Waals surface area contributed by atoms with Gasteiger partial charge in [-0.25, -0.2) is 18.1 Å². The quantitative estimate of drug-likeness (QED) is 0.876. The molecule has 2 rings (SSSR count). The fraction of sp³-hybridized carbons (Fsp3) is 0.786. The molecule has 0 aliphatic heterocycles. The molecular weight excluding hydrogens is 274 g/mol. The maximum absolute atomic E-state index is 12.4. The molecule has 1 N–H and O–H groups in total. The van der Waals surface area contributed by atoms with Gasteiger partial charge in [0, 0.05) is 19.4 Å². The highest BCUT2D eigenvalue weighted by atomic mass is 32.2. The lowest BCUT2D eigenvalue weighted by Crippen LogP contribution is -2.36. The number of nitrogens with one attached hydrogen (secondary N) is 1. The van der Waals surface area contributed by atoms with Gasteiger partial charge in [0.15, 0.2) is 0 Å². The predicted octanol–water partition coefficient (Wildman–Crippen LogP) is 2.23. The monoisotopic (exact) mass is 299 g/mol. The van der Waals surface area contributed by atoms with Crippen LogP contribution in [0.5, 0.6) is 0 Å². The van der Waals surface area contributed by atoms with Crippen LogP contribution in [0.1, 0.15) is 51.4 Å². The second-order valence-electron chi connectivity index (χ2n) is 6.17. The predicted molar refractivity (Wildman–Crippen MR) is 79.7 cm³/mol. The smallest absolute Gasteiger partial charge is 0.212 e. The lowest BCUT2D eigenvalue weighted by Gasteiger charge is -2.23. The summed E-state index contributed by atoms with van der Waals surface area (Å²) in [5.41, 5.74) is 0. The first-order chi connectivity index (χ1) is 9.39. The largest absolute Gasteiger partial charge is 0.337 e. The molecule has 1 aromatic heterocycles. The van der Waals surface area contributed by atoms with Crippen molar-refractivity contribution < 1.29 is 8.42 Å². The van der Waals surface area contributed by atoms with Gasteiger partial charge in [0.1, 0.15) is 5.82 Å². The molecule has 0 aromatic carbocycles. The molecule has 1 aromatic rings. The fourth-order valence-corrected chi connectivity index (χ4v) is 4.71. The average Bonchev–Trinajstić information content (AvgIpc) is 2.97. The van der Waals surface area contributed by atoms with Gasteiger partial charge in [0.05, 0.1) is 11.8 Å². The number of sulfonamides is 1. The highest BCUT2D eigenvalue weighted by Crippen LogP contribution is 2.27. The number of hydrogen-bond acceptors (Lipinski definition) is 3. The normalized spacial score (nSPS) is 18.8. The summed E-state index contributed by atoms with van der Waals surface area (Å²) in [5.74, 6) is 1.51. The van der Waals surface area contributed by atoms with Crippen LogP contribution in [-0.4, -0.2) is 23.7 Å².